The SMILES string of the molecule is CCCn1c(C)c(N)c(=O)n1-c1ccccc1. The highest BCUT2D eigenvalue weighted by Crippen LogP contribution is 2.12. The molecule has 17 heavy (non-hydrogen) atoms. The molecule has 1 heterocycles. The van der Waals surface area contributed by atoms with Crippen LogP contribution in [0.2, 0.25) is 0 Å². The fraction of sp³-hybridized carbons (Fsp3) is 0.308. The maximum atomic E-state index is 12.1. The van der Waals surface area contributed by atoms with Crippen LogP contribution in [0.4, 0.5) is 5.69 Å². The minimum atomic E-state index is -0.137. The molecular formula is C13H17N3O. The average Bonchev–Trinajstić information content (AvgIpc) is 2.56. The molecule has 1 aromatic carbocycles. The van der Waals surface area contributed by atoms with Crippen molar-refractivity contribution >= 4 is 5.69 Å². The molecule has 0 atom stereocenters. The molecule has 0 bridgehead atoms. The lowest BCUT2D eigenvalue weighted by atomic mass is 10.3. The summed E-state index contributed by atoms with van der Waals surface area (Å²) in [6, 6.07) is 9.57. The average molecular weight is 231 g/mol. The number of nitrogens with zero attached hydrogens (tertiary/aromatic N) is 2. The van der Waals surface area contributed by atoms with Crippen LogP contribution in [-0.2, 0) is 6.54 Å². The van der Waals surface area contributed by atoms with E-state index in [0.29, 0.717) is 5.69 Å². The molecular weight excluding hydrogens is 214 g/mol. The van der Waals surface area contributed by atoms with E-state index in [1.165, 1.54) is 0 Å². The fourth-order valence-electron chi connectivity index (χ4n) is 1.97. The predicted octanol–water partition coefficient (Wildman–Crippen LogP) is 1.94. The smallest absolute Gasteiger partial charge is 0.294 e. The number of hydrogen-bond donors (Lipinski definition) is 1. The molecule has 2 rings (SSSR count). The van der Waals surface area contributed by atoms with Gasteiger partial charge in [0.15, 0.2) is 0 Å². The molecule has 0 amide bonds. The summed E-state index contributed by atoms with van der Waals surface area (Å²) >= 11 is 0. The Morgan fingerprint density at radius 1 is 1.24 bits per heavy atom. The highest BCUT2D eigenvalue weighted by Gasteiger charge is 2.14. The summed E-state index contributed by atoms with van der Waals surface area (Å²) < 4.78 is 3.58. The lowest BCUT2D eigenvalue weighted by Crippen LogP contribution is -2.22. The molecule has 0 unspecified atom stereocenters. The summed E-state index contributed by atoms with van der Waals surface area (Å²) in [6.45, 7) is 4.74. The Kier molecular flexibility index (Phi) is 3.04. The number of nitrogens with two attached hydrogens (primary N) is 1. The van der Waals surface area contributed by atoms with E-state index >= 15 is 0 Å². The molecule has 4 heteroatoms. The summed E-state index contributed by atoms with van der Waals surface area (Å²) in [5.41, 5.74) is 7.70. The summed E-state index contributed by atoms with van der Waals surface area (Å²) in [6.07, 6.45) is 0.960. The maximum Gasteiger partial charge on any atom is 0.294 e. The van der Waals surface area contributed by atoms with Crippen molar-refractivity contribution in [1.29, 1.82) is 0 Å². The maximum absolute atomic E-state index is 12.1. The van der Waals surface area contributed by atoms with Crippen molar-refractivity contribution < 1.29 is 0 Å². The second-order valence-electron chi connectivity index (χ2n) is 4.07. The molecule has 4 nitrogen and oxygen atoms in total. The van der Waals surface area contributed by atoms with E-state index in [9.17, 15) is 4.79 Å². The van der Waals surface area contributed by atoms with Gasteiger partial charge in [0.25, 0.3) is 5.56 Å². The fourth-order valence-corrected chi connectivity index (χ4v) is 1.97. The Hall–Kier alpha value is -1.97. The first-order valence-electron chi connectivity index (χ1n) is 5.80. The summed E-state index contributed by atoms with van der Waals surface area (Å²) in [5.74, 6) is 0. The third-order valence-corrected chi connectivity index (χ3v) is 2.88. The molecule has 0 fully saturated rings. The Labute approximate surface area is 100 Å². The molecule has 0 spiro atoms. The van der Waals surface area contributed by atoms with Crippen molar-refractivity contribution in [2.75, 3.05) is 5.73 Å². The zero-order chi connectivity index (χ0) is 12.4. The van der Waals surface area contributed by atoms with Crippen LogP contribution in [0.3, 0.4) is 0 Å². The molecule has 90 valence electrons. The molecule has 1 aromatic heterocycles. The van der Waals surface area contributed by atoms with Crippen LogP contribution >= 0.6 is 0 Å². The summed E-state index contributed by atoms with van der Waals surface area (Å²) in [5, 5.41) is 0. The Bertz CT molecular complexity index is 566. The molecule has 2 aromatic rings. The van der Waals surface area contributed by atoms with Crippen LogP contribution < -0.4 is 11.3 Å². The third kappa shape index (κ3) is 1.86. The van der Waals surface area contributed by atoms with Crippen molar-refractivity contribution in [3.63, 3.8) is 0 Å². The minimum Gasteiger partial charge on any atom is -0.393 e. The van der Waals surface area contributed by atoms with E-state index in [2.05, 4.69) is 6.92 Å². The number of hydrogen-bond acceptors (Lipinski definition) is 2. The van der Waals surface area contributed by atoms with Gasteiger partial charge in [0, 0.05) is 6.54 Å². The monoisotopic (exact) mass is 231 g/mol. The number of benzene rings is 1. The van der Waals surface area contributed by atoms with Crippen molar-refractivity contribution in [2.45, 2.75) is 26.8 Å². The van der Waals surface area contributed by atoms with Gasteiger partial charge in [-0.25, -0.2) is 4.68 Å². The van der Waals surface area contributed by atoms with Gasteiger partial charge in [-0.3, -0.25) is 9.48 Å². The Balaban J connectivity index is 2.68. The summed E-state index contributed by atoms with van der Waals surface area (Å²) in [7, 11) is 0. The first kappa shape index (κ1) is 11.5. The molecule has 0 aliphatic heterocycles. The lowest BCUT2D eigenvalue weighted by molar-refractivity contribution is 0.523. The van der Waals surface area contributed by atoms with Crippen molar-refractivity contribution in [2.24, 2.45) is 0 Å². The van der Waals surface area contributed by atoms with Crippen LogP contribution in [0.25, 0.3) is 5.69 Å². The first-order chi connectivity index (χ1) is 8.16. The number of rotatable bonds is 3. The Morgan fingerprint density at radius 3 is 2.47 bits per heavy atom. The van der Waals surface area contributed by atoms with E-state index in [1.54, 1.807) is 4.68 Å². The normalized spacial score (nSPS) is 10.7. The van der Waals surface area contributed by atoms with Gasteiger partial charge in [0.1, 0.15) is 5.69 Å². The molecule has 0 radical (unpaired) electrons. The van der Waals surface area contributed by atoms with Crippen molar-refractivity contribution in [3.05, 3.63) is 46.4 Å². The van der Waals surface area contributed by atoms with E-state index in [0.717, 1.165) is 24.3 Å². The van der Waals surface area contributed by atoms with Gasteiger partial charge >= 0.3 is 0 Å². The van der Waals surface area contributed by atoms with E-state index in [1.807, 2.05) is 41.9 Å². The van der Waals surface area contributed by atoms with Crippen LogP contribution in [-0.4, -0.2) is 9.36 Å². The van der Waals surface area contributed by atoms with Gasteiger partial charge < -0.3 is 5.73 Å². The molecule has 0 aliphatic carbocycles. The highest BCUT2D eigenvalue weighted by atomic mass is 16.1. The van der Waals surface area contributed by atoms with Crippen molar-refractivity contribution in [3.8, 4) is 5.69 Å². The summed E-state index contributed by atoms with van der Waals surface area (Å²) in [4.78, 5) is 12.1. The number of anilines is 1. The quantitative estimate of drug-likeness (QED) is 0.877. The second kappa shape index (κ2) is 4.49. The minimum absolute atomic E-state index is 0.137. The topological polar surface area (TPSA) is 52.9 Å². The van der Waals surface area contributed by atoms with E-state index in [4.69, 9.17) is 5.73 Å². The largest absolute Gasteiger partial charge is 0.393 e. The number of aromatic nitrogens is 2. The van der Waals surface area contributed by atoms with Crippen LogP contribution in [0.15, 0.2) is 35.1 Å². The van der Waals surface area contributed by atoms with E-state index < -0.39 is 0 Å². The number of para-hydroxylation sites is 1. The van der Waals surface area contributed by atoms with Gasteiger partial charge in [0.05, 0.1) is 11.4 Å². The molecule has 0 saturated carbocycles. The van der Waals surface area contributed by atoms with Gasteiger partial charge in [-0.15, -0.1) is 0 Å². The molecule has 0 saturated heterocycles. The van der Waals surface area contributed by atoms with Crippen LogP contribution in [0, 0.1) is 6.92 Å². The van der Waals surface area contributed by atoms with E-state index in [-0.39, 0.29) is 5.56 Å². The van der Waals surface area contributed by atoms with Crippen LogP contribution in [0.1, 0.15) is 19.0 Å². The van der Waals surface area contributed by atoms with Gasteiger partial charge in [-0.1, -0.05) is 25.1 Å². The standard InChI is InChI=1S/C13H17N3O/c1-3-9-15-10(2)12(14)13(17)16(15)11-7-5-4-6-8-11/h4-8H,3,9,14H2,1-2H3. The van der Waals surface area contributed by atoms with Crippen LogP contribution in [0.5, 0.6) is 0 Å². The first-order valence-corrected chi connectivity index (χ1v) is 5.80. The second-order valence-corrected chi connectivity index (χ2v) is 4.07. The lowest BCUT2D eigenvalue weighted by Gasteiger charge is -2.12. The predicted molar refractivity (Wildman–Crippen MR) is 69.5 cm³/mol. The number of nitrogen functional groups attached to an aromatic ring is 1. The molecule has 2 N–H and O–H groups in total. The zero-order valence-corrected chi connectivity index (χ0v) is 10.2. The Morgan fingerprint density at radius 2 is 1.88 bits per heavy atom. The third-order valence-electron chi connectivity index (χ3n) is 2.88. The molecule has 0 aliphatic rings. The zero-order valence-electron chi connectivity index (χ0n) is 10.2. The highest BCUT2D eigenvalue weighted by molar-refractivity contribution is 5.44. The van der Waals surface area contributed by atoms with Gasteiger partial charge in [-0.05, 0) is 25.5 Å². The van der Waals surface area contributed by atoms with Crippen molar-refractivity contribution in [1.82, 2.24) is 9.36 Å². The van der Waals surface area contributed by atoms with Gasteiger partial charge in [-0.2, -0.15) is 0 Å². The van der Waals surface area contributed by atoms with Gasteiger partial charge in [0.2, 0.25) is 0 Å².